The van der Waals surface area contributed by atoms with Crippen molar-refractivity contribution in [1.29, 1.82) is 0 Å². The molecule has 0 radical (unpaired) electrons. The summed E-state index contributed by atoms with van der Waals surface area (Å²) in [6.07, 6.45) is 0. The van der Waals surface area contributed by atoms with E-state index < -0.39 is 34.0 Å². The number of rotatable bonds is 6. The fourth-order valence-electron chi connectivity index (χ4n) is 2.63. The van der Waals surface area contributed by atoms with Crippen molar-refractivity contribution in [3.63, 3.8) is 0 Å². The minimum absolute atomic E-state index is 0.0426. The number of anilines is 1. The third kappa shape index (κ3) is 4.49. The molecule has 0 unspecified atom stereocenters. The Balaban J connectivity index is 2.11. The Morgan fingerprint density at radius 1 is 0.931 bits per heavy atom. The van der Waals surface area contributed by atoms with Crippen LogP contribution in [-0.2, 0) is 16.6 Å². The first-order valence-corrected chi connectivity index (χ1v) is 10.1. The molecule has 152 valence electrons. The number of hydrogen-bond acceptors (Lipinski definition) is 3. The van der Waals surface area contributed by atoms with Crippen molar-refractivity contribution in [3.05, 3.63) is 88.7 Å². The lowest BCUT2D eigenvalue weighted by Crippen LogP contribution is -2.31. The number of hydrogen-bond donors (Lipinski definition) is 0. The van der Waals surface area contributed by atoms with Crippen molar-refractivity contribution in [2.75, 3.05) is 11.4 Å². The van der Waals surface area contributed by atoms with Crippen LogP contribution in [-0.4, -0.2) is 15.5 Å². The molecule has 9 heteroatoms. The maximum Gasteiger partial charge on any atom is 0.264 e. The van der Waals surface area contributed by atoms with E-state index in [2.05, 4.69) is 0 Å². The Bertz CT molecular complexity index is 1140. The van der Waals surface area contributed by atoms with Crippen molar-refractivity contribution in [2.45, 2.75) is 11.4 Å². The van der Waals surface area contributed by atoms with Crippen LogP contribution in [0.15, 0.2) is 65.6 Å². The zero-order chi connectivity index (χ0) is 21.2. The molecule has 0 saturated heterocycles. The molecular weight excluding hydrogens is 427 g/mol. The largest absolute Gasteiger partial charge is 0.497 e. The number of nitrogens with zero attached hydrogens (tertiary/aromatic N) is 1. The van der Waals surface area contributed by atoms with Gasteiger partial charge in [0.1, 0.15) is 23.2 Å². The average molecular weight is 442 g/mol. The second kappa shape index (κ2) is 8.34. The third-order valence-corrected chi connectivity index (χ3v) is 6.23. The van der Waals surface area contributed by atoms with Crippen LogP contribution in [0.2, 0.25) is 5.02 Å². The summed E-state index contributed by atoms with van der Waals surface area (Å²) >= 11 is 5.74. The summed E-state index contributed by atoms with van der Waals surface area (Å²) < 4.78 is 73.4. The fourth-order valence-corrected chi connectivity index (χ4v) is 4.35. The standard InChI is InChI=1S/C20H15ClF3NO3S/c1-28-16-6-4-15(5-7-16)25(12-13-2-3-14(22)10-20(13)24)29(26,27)17-8-9-19(23)18(21)11-17/h2-11H,12H2,1H3. The highest BCUT2D eigenvalue weighted by molar-refractivity contribution is 7.92. The molecule has 0 heterocycles. The summed E-state index contributed by atoms with van der Waals surface area (Å²) in [4.78, 5) is -0.276. The first-order valence-electron chi connectivity index (χ1n) is 8.28. The molecule has 0 atom stereocenters. The van der Waals surface area contributed by atoms with Gasteiger partial charge in [0.25, 0.3) is 10.0 Å². The molecule has 3 rings (SSSR count). The van der Waals surface area contributed by atoms with E-state index in [1.54, 1.807) is 0 Å². The van der Waals surface area contributed by atoms with E-state index in [9.17, 15) is 21.6 Å². The second-order valence-electron chi connectivity index (χ2n) is 6.02. The topological polar surface area (TPSA) is 46.6 Å². The molecule has 0 fully saturated rings. The number of sulfonamides is 1. The van der Waals surface area contributed by atoms with Gasteiger partial charge in [0.05, 0.1) is 29.3 Å². The minimum Gasteiger partial charge on any atom is -0.497 e. The Kier molecular flexibility index (Phi) is 6.04. The lowest BCUT2D eigenvalue weighted by molar-refractivity contribution is 0.415. The second-order valence-corrected chi connectivity index (χ2v) is 8.29. The normalized spacial score (nSPS) is 11.3. The monoisotopic (exact) mass is 441 g/mol. The predicted molar refractivity (Wildman–Crippen MR) is 104 cm³/mol. The number of methoxy groups -OCH3 is 1. The lowest BCUT2D eigenvalue weighted by Gasteiger charge is -2.25. The molecule has 0 aromatic heterocycles. The minimum atomic E-state index is -4.26. The van der Waals surface area contributed by atoms with Gasteiger partial charge in [-0.3, -0.25) is 4.31 Å². The molecule has 0 spiro atoms. The van der Waals surface area contributed by atoms with E-state index in [4.69, 9.17) is 16.3 Å². The number of benzene rings is 3. The van der Waals surface area contributed by atoms with Crippen LogP contribution in [0.5, 0.6) is 5.75 Å². The average Bonchev–Trinajstić information content (AvgIpc) is 2.69. The Morgan fingerprint density at radius 2 is 1.62 bits per heavy atom. The van der Waals surface area contributed by atoms with Crippen molar-refractivity contribution in [1.82, 2.24) is 0 Å². The zero-order valence-electron chi connectivity index (χ0n) is 15.1. The SMILES string of the molecule is COc1ccc(N(Cc2ccc(F)cc2F)S(=O)(=O)c2ccc(F)c(Cl)c2)cc1. The van der Waals surface area contributed by atoms with Gasteiger partial charge in [-0.2, -0.15) is 0 Å². The van der Waals surface area contributed by atoms with Crippen LogP contribution in [0.3, 0.4) is 0 Å². The number of ether oxygens (including phenoxy) is 1. The molecule has 4 nitrogen and oxygen atoms in total. The van der Waals surface area contributed by atoms with Gasteiger partial charge in [0, 0.05) is 11.6 Å². The smallest absolute Gasteiger partial charge is 0.264 e. The van der Waals surface area contributed by atoms with Gasteiger partial charge in [0.2, 0.25) is 0 Å². The molecule has 3 aromatic carbocycles. The molecule has 0 bridgehead atoms. The number of halogens is 4. The van der Waals surface area contributed by atoms with Crippen LogP contribution < -0.4 is 9.04 Å². The van der Waals surface area contributed by atoms with Gasteiger partial charge in [-0.15, -0.1) is 0 Å². The van der Waals surface area contributed by atoms with Crippen molar-refractivity contribution >= 4 is 27.3 Å². The maximum absolute atomic E-state index is 14.2. The van der Waals surface area contributed by atoms with Crippen molar-refractivity contribution in [3.8, 4) is 5.75 Å². The summed E-state index contributed by atoms with van der Waals surface area (Å²) in [5.41, 5.74) is 0.161. The third-order valence-electron chi connectivity index (χ3n) is 4.17. The summed E-state index contributed by atoms with van der Waals surface area (Å²) in [6, 6.07) is 11.9. The maximum atomic E-state index is 14.2. The van der Waals surface area contributed by atoms with Crippen LogP contribution >= 0.6 is 11.6 Å². The highest BCUT2D eigenvalue weighted by Crippen LogP contribution is 2.30. The molecule has 0 amide bonds. The van der Waals surface area contributed by atoms with Gasteiger partial charge < -0.3 is 4.74 Å². The van der Waals surface area contributed by atoms with E-state index in [1.165, 1.54) is 31.4 Å². The van der Waals surface area contributed by atoms with Gasteiger partial charge in [-0.1, -0.05) is 17.7 Å². The van der Waals surface area contributed by atoms with Gasteiger partial charge in [0.15, 0.2) is 0 Å². The zero-order valence-corrected chi connectivity index (χ0v) is 16.6. The lowest BCUT2D eigenvalue weighted by atomic mass is 10.2. The Morgan fingerprint density at radius 3 is 2.21 bits per heavy atom. The van der Waals surface area contributed by atoms with Crippen LogP contribution in [0.1, 0.15) is 5.56 Å². The van der Waals surface area contributed by atoms with Gasteiger partial charge in [-0.05, 0) is 48.5 Å². The molecule has 0 saturated carbocycles. The summed E-state index contributed by atoms with van der Waals surface area (Å²) in [7, 11) is -2.80. The fraction of sp³-hybridized carbons (Fsp3) is 0.100. The molecular formula is C20H15ClF3NO3S. The van der Waals surface area contributed by atoms with E-state index in [-0.39, 0.29) is 21.2 Å². The van der Waals surface area contributed by atoms with Crippen LogP contribution in [0.4, 0.5) is 18.9 Å². The summed E-state index contributed by atoms with van der Waals surface area (Å²) in [5.74, 6) is -1.96. The van der Waals surface area contributed by atoms with Crippen molar-refractivity contribution < 1.29 is 26.3 Å². The molecule has 3 aromatic rings. The van der Waals surface area contributed by atoms with Gasteiger partial charge in [-0.25, -0.2) is 21.6 Å². The molecule has 0 N–H and O–H groups in total. The van der Waals surface area contributed by atoms with E-state index in [0.29, 0.717) is 11.8 Å². The summed E-state index contributed by atoms with van der Waals surface area (Å²) in [5, 5.41) is -0.367. The molecule has 0 aliphatic heterocycles. The molecule has 0 aliphatic carbocycles. The van der Waals surface area contributed by atoms with Crippen LogP contribution in [0.25, 0.3) is 0 Å². The van der Waals surface area contributed by atoms with Crippen molar-refractivity contribution in [2.24, 2.45) is 0 Å². The first-order chi connectivity index (χ1) is 13.7. The predicted octanol–water partition coefficient (Wildman–Crippen LogP) is 5.16. The van der Waals surface area contributed by atoms with E-state index >= 15 is 0 Å². The highest BCUT2D eigenvalue weighted by Gasteiger charge is 2.27. The highest BCUT2D eigenvalue weighted by atomic mass is 35.5. The Labute approximate surface area is 171 Å². The molecule has 0 aliphatic rings. The van der Waals surface area contributed by atoms with Crippen LogP contribution in [0, 0.1) is 17.5 Å². The Hall–Kier alpha value is -2.71. The van der Waals surface area contributed by atoms with E-state index in [0.717, 1.165) is 34.6 Å². The summed E-state index contributed by atoms with van der Waals surface area (Å²) in [6.45, 7) is -0.421. The quantitative estimate of drug-likeness (QED) is 0.530. The first kappa shape index (κ1) is 21.0. The van der Waals surface area contributed by atoms with Gasteiger partial charge >= 0.3 is 0 Å². The molecule has 29 heavy (non-hydrogen) atoms. The van der Waals surface area contributed by atoms with E-state index in [1.807, 2.05) is 0 Å².